The molecule has 0 bridgehead atoms. The number of hydrogen-bond donors (Lipinski definition) is 1. The molecule has 1 aliphatic rings. The zero-order valence-corrected chi connectivity index (χ0v) is 9.46. The van der Waals surface area contributed by atoms with E-state index >= 15 is 0 Å². The van der Waals surface area contributed by atoms with Crippen LogP contribution in [0.5, 0.6) is 0 Å². The monoisotopic (exact) mass is 209 g/mol. The van der Waals surface area contributed by atoms with Gasteiger partial charge < -0.3 is 5.32 Å². The maximum absolute atomic E-state index is 5.42. The van der Waals surface area contributed by atoms with E-state index < -0.39 is 0 Å². The molecule has 1 atom stereocenters. The number of benzene rings is 1. The lowest BCUT2D eigenvalue weighted by Crippen LogP contribution is -2.21. The summed E-state index contributed by atoms with van der Waals surface area (Å²) in [4.78, 5) is 0. The van der Waals surface area contributed by atoms with Gasteiger partial charge in [-0.3, -0.25) is 0 Å². The van der Waals surface area contributed by atoms with Crippen molar-refractivity contribution in [2.45, 2.75) is 13.3 Å². The highest BCUT2D eigenvalue weighted by Crippen LogP contribution is 2.24. The van der Waals surface area contributed by atoms with Gasteiger partial charge in [0, 0.05) is 11.4 Å². The average molecular weight is 209 g/mol. The number of aryl methyl sites for hydroxylation is 1. The highest BCUT2D eigenvalue weighted by molar-refractivity contribution is 5.67. The Balaban J connectivity index is 2.24. The summed E-state index contributed by atoms with van der Waals surface area (Å²) in [5.74, 6) is 2.85. The van der Waals surface area contributed by atoms with Gasteiger partial charge in [-0.1, -0.05) is 48.4 Å². The van der Waals surface area contributed by atoms with Crippen LogP contribution in [0.2, 0.25) is 0 Å². The lowest BCUT2D eigenvalue weighted by molar-refractivity contribution is 0.729. The van der Waals surface area contributed by atoms with Gasteiger partial charge in [0.1, 0.15) is 0 Å². The molecule has 1 aromatic carbocycles. The quantitative estimate of drug-likeness (QED) is 0.701. The van der Waals surface area contributed by atoms with Crippen molar-refractivity contribution in [2.24, 2.45) is 5.92 Å². The van der Waals surface area contributed by atoms with E-state index in [0.717, 1.165) is 17.8 Å². The Hall–Kier alpha value is -1.94. The lowest BCUT2D eigenvalue weighted by atomic mass is 9.96. The van der Waals surface area contributed by atoms with Crippen LogP contribution in [0.4, 0.5) is 0 Å². The highest BCUT2D eigenvalue weighted by Gasteiger charge is 2.15. The maximum atomic E-state index is 5.42. The number of hydrogen-bond acceptors (Lipinski definition) is 1. The van der Waals surface area contributed by atoms with Crippen LogP contribution >= 0.6 is 0 Å². The van der Waals surface area contributed by atoms with Crippen LogP contribution in [0.25, 0.3) is 5.70 Å². The molecule has 16 heavy (non-hydrogen) atoms. The standard InChI is InChI=1S/C15H15N/c1-4-13-9-10-15(16-12(13)3)14-7-5-11(2)6-8-14/h1,5-8,10,13,16H,3,9H2,2H3. The van der Waals surface area contributed by atoms with Crippen molar-refractivity contribution in [3.63, 3.8) is 0 Å². The second kappa shape index (κ2) is 4.28. The summed E-state index contributed by atoms with van der Waals surface area (Å²) >= 11 is 0. The van der Waals surface area contributed by atoms with E-state index in [2.05, 4.69) is 55.1 Å². The second-order valence-electron chi connectivity index (χ2n) is 4.09. The molecule has 80 valence electrons. The van der Waals surface area contributed by atoms with Gasteiger partial charge in [-0.2, -0.15) is 0 Å². The Bertz CT molecular complexity index is 471. The van der Waals surface area contributed by atoms with Gasteiger partial charge in [0.2, 0.25) is 0 Å². The molecule has 0 saturated heterocycles. The number of rotatable bonds is 1. The molecule has 1 N–H and O–H groups in total. The van der Waals surface area contributed by atoms with Gasteiger partial charge in [0.05, 0.1) is 5.92 Å². The summed E-state index contributed by atoms with van der Waals surface area (Å²) in [5.41, 5.74) is 4.47. The Kier molecular flexibility index (Phi) is 2.83. The second-order valence-corrected chi connectivity index (χ2v) is 4.09. The van der Waals surface area contributed by atoms with E-state index in [1.165, 1.54) is 11.1 Å². The van der Waals surface area contributed by atoms with Crippen LogP contribution in [0, 0.1) is 25.2 Å². The minimum Gasteiger partial charge on any atom is -0.358 e. The van der Waals surface area contributed by atoms with Crippen LogP contribution < -0.4 is 5.32 Å². The molecular formula is C15H15N. The van der Waals surface area contributed by atoms with E-state index in [1.807, 2.05) is 0 Å². The number of terminal acetylenes is 1. The van der Waals surface area contributed by atoms with Crippen molar-refractivity contribution in [3.05, 3.63) is 53.7 Å². The Morgan fingerprint density at radius 1 is 1.38 bits per heavy atom. The fraction of sp³-hybridized carbons (Fsp3) is 0.200. The van der Waals surface area contributed by atoms with E-state index in [1.54, 1.807) is 0 Å². The number of allylic oxidation sites excluding steroid dienone is 2. The van der Waals surface area contributed by atoms with Gasteiger partial charge in [0.25, 0.3) is 0 Å². The fourth-order valence-electron chi connectivity index (χ4n) is 1.78. The van der Waals surface area contributed by atoms with E-state index in [-0.39, 0.29) is 5.92 Å². The first-order chi connectivity index (χ1) is 7.70. The summed E-state index contributed by atoms with van der Waals surface area (Å²) in [6.07, 6.45) is 8.43. The normalized spacial score (nSPS) is 19.6. The molecule has 1 aromatic rings. The third-order valence-electron chi connectivity index (χ3n) is 2.84. The molecule has 2 rings (SSSR count). The van der Waals surface area contributed by atoms with Crippen LogP contribution in [0.3, 0.4) is 0 Å². The van der Waals surface area contributed by atoms with Crippen molar-refractivity contribution >= 4 is 5.70 Å². The summed E-state index contributed by atoms with van der Waals surface area (Å²) < 4.78 is 0. The summed E-state index contributed by atoms with van der Waals surface area (Å²) in [7, 11) is 0. The molecular weight excluding hydrogens is 194 g/mol. The largest absolute Gasteiger partial charge is 0.358 e. The molecule has 1 heterocycles. The van der Waals surface area contributed by atoms with Crippen molar-refractivity contribution in [1.29, 1.82) is 0 Å². The van der Waals surface area contributed by atoms with Crippen molar-refractivity contribution < 1.29 is 0 Å². The molecule has 0 radical (unpaired) electrons. The summed E-state index contributed by atoms with van der Waals surface area (Å²) in [5, 5.41) is 3.28. The highest BCUT2D eigenvalue weighted by atomic mass is 14.9. The molecule has 0 spiro atoms. The van der Waals surface area contributed by atoms with Crippen molar-refractivity contribution in [2.75, 3.05) is 0 Å². The topological polar surface area (TPSA) is 12.0 Å². The maximum Gasteiger partial charge on any atom is 0.0629 e. The first-order valence-corrected chi connectivity index (χ1v) is 5.40. The van der Waals surface area contributed by atoms with E-state index in [4.69, 9.17) is 6.42 Å². The third-order valence-corrected chi connectivity index (χ3v) is 2.84. The first kappa shape index (κ1) is 10.6. The predicted octanol–water partition coefficient (Wildman–Crippen LogP) is 3.09. The fourth-order valence-corrected chi connectivity index (χ4v) is 1.78. The van der Waals surface area contributed by atoms with Crippen LogP contribution in [0.1, 0.15) is 17.5 Å². The third kappa shape index (κ3) is 2.01. The molecule has 1 aliphatic heterocycles. The van der Waals surface area contributed by atoms with Crippen LogP contribution in [0.15, 0.2) is 42.6 Å². The van der Waals surface area contributed by atoms with Crippen molar-refractivity contribution in [1.82, 2.24) is 5.32 Å². The van der Waals surface area contributed by atoms with Gasteiger partial charge in [-0.05, 0) is 18.9 Å². The Morgan fingerprint density at radius 2 is 2.06 bits per heavy atom. The summed E-state index contributed by atoms with van der Waals surface area (Å²) in [6, 6.07) is 8.43. The van der Waals surface area contributed by atoms with Gasteiger partial charge >= 0.3 is 0 Å². The first-order valence-electron chi connectivity index (χ1n) is 5.40. The lowest BCUT2D eigenvalue weighted by Gasteiger charge is -2.23. The molecule has 0 aromatic heterocycles. The molecule has 1 heteroatoms. The molecule has 0 fully saturated rings. The van der Waals surface area contributed by atoms with E-state index in [0.29, 0.717) is 0 Å². The van der Waals surface area contributed by atoms with Gasteiger partial charge in [-0.15, -0.1) is 6.42 Å². The van der Waals surface area contributed by atoms with E-state index in [9.17, 15) is 0 Å². The molecule has 0 amide bonds. The SMILES string of the molecule is C#CC1CC=C(c2ccc(C)cc2)NC1=C. The predicted molar refractivity (Wildman–Crippen MR) is 68.4 cm³/mol. The minimum absolute atomic E-state index is 0.120. The van der Waals surface area contributed by atoms with Crippen molar-refractivity contribution in [3.8, 4) is 12.3 Å². The molecule has 1 nitrogen and oxygen atoms in total. The summed E-state index contributed by atoms with van der Waals surface area (Å²) in [6.45, 7) is 6.05. The Morgan fingerprint density at radius 3 is 2.62 bits per heavy atom. The number of nitrogens with one attached hydrogen (secondary N) is 1. The average Bonchev–Trinajstić information content (AvgIpc) is 2.30. The molecule has 0 aliphatic carbocycles. The van der Waals surface area contributed by atoms with Crippen LogP contribution in [-0.4, -0.2) is 0 Å². The van der Waals surface area contributed by atoms with Crippen LogP contribution in [-0.2, 0) is 0 Å². The minimum atomic E-state index is 0.120. The smallest absolute Gasteiger partial charge is 0.0629 e. The molecule has 0 saturated carbocycles. The van der Waals surface area contributed by atoms with Gasteiger partial charge in [-0.25, -0.2) is 0 Å². The zero-order valence-electron chi connectivity index (χ0n) is 9.46. The zero-order chi connectivity index (χ0) is 11.5. The van der Waals surface area contributed by atoms with Gasteiger partial charge in [0.15, 0.2) is 0 Å². The molecule has 1 unspecified atom stereocenters. The Labute approximate surface area is 96.9 Å².